The van der Waals surface area contributed by atoms with Gasteiger partial charge in [0.2, 0.25) is 5.91 Å². The first-order chi connectivity index (χ1) is 8.18. The Morgan fingerprint density at radius 3 is 2.71 bits per heavy atom. The number of aliphatic hydroxyl groups is 1. The van der Waals surface area contributed by atoms with Crippen molar-refractivity contribution in [3.8, 4) is 0 Å². The molecular weight excluding hydrogens is 216 g/mol. The lowest BCUT2D eigenvalue weighted by Crippen LogP contribution is -2.40. The van der Waals surface area contributed by atoms with Gasteiger partial charge in [0.1, 0.15) is 0 Å². The molecule has 0 radical (unpaired) electrons. The van der Waals surface area contributed by atoms with E-state index in [0.29, 0.717) is 19.4 Å². The number of nitrogens with zero attached hydrogens (tertiary/aromatic N) is 2. The molecule has 0 spiro atoms. The maximum absolute atomic E-state index is 11.8. The first kappa shape index (κ1) is 11.9. The van der Waals surface area contributed by atoms with Gasteiger partial charge in [-0.1, -0.05) is 18.2 Å². The average molecular weight is 234 g/mol. The van der Waals surface area contributed by atoms with Gasteiger partial charge < -0.3 is 5.11 Å². The van der Waals surface area contributed by atoms with Crippen LogP contribution < -0.4 is 5.01 Å². The third-order valence-electron chi connectivity index (χ3n) is 2.93. The standard InChI is InChI=1S/C13H18N2O2/c1-11(16)7-9-15-13(17)8-10-14(15)12-5-3-2-4-6-12/h2-6,11,16H,7-10H2,1H3. The highest BCUT2D eigenvalue weighted by Crippen LogP contribution is 2.22. The fourth-order valence-corrected chi connectivity index (χ4v) is 2.01. The van der Waals surface area contributed by atoms with Crippen LogP contribution in [-0.2, 0) is 4.79 Å². The van der Waals surface area contributed by atoms with E-state index in [1.807, 2.05) is 35.3 Å². The predicted molar refractivity (Wildman–Crippen MR) is 66.4 cm³/mol. The maximum atomic E-state index is 11.8. The molecule has 1 heterocycles. The quantitative estimate of drug-likeness (QED) is 0.856. The first-order valence-electron chi connectivity index (χ1n) is 5.99. The fourth-order valence-electron chi connectivity index (χ4n) is 2.01. The van der Waals surface area contributed by atoms with Gasteiger partial charge in [0.05, 0.1) is 11.8 Å². The third-order valence-corrected chi connectivity index (χ3v) is 2.93. The summed E-state index contributed by atoms with van der Waals surface area (Å²) in [6.07, 6.45) is 0.782. The molecule has 1 saturated heterocycles. The van der Waals surface area contributed by atoms with Crippen LogP contribution in [0, 0.1) is 0 Å². The second-order valence-electron chi connectivity index (χ2n) is 4.36. The van der Waals surface area contributed by atoms with Crippen LogP contribution in [0.3, 0.4) is 0 Å². The Labute approximate surface area is 101 Å². The highest BCUT2D eigenvalue weighted by atomic mass is 16.3. The van der Waals surface area contributed by atoms with E-state index in [4.69, 9.17) is 0 Å². The Bertz CT molecular complexity index is 378. The second kappa shape index (κ2) is 5.19. The summed E-state index contributed by atoms with van der Waals surface area (Å²) in [5.74, 6) is 0.134. The third kappa shape index (κ3) is 2.77. The maximum Gasteiger partial charge on any atom is 0.242 e. The Balaban J connectivity index is 2.08. The van der Waals surface area contributed by atoms with Crippen LogP contribution in [0.4, 0.5) is 5.69 Å². The summed E-state index contributed by atoms with van der Waals surface area (Å²) in [4.78, 5) is 11.8. The SMILES string of the molecule is CC(O)CCN1C(=O)CCN1c1ccccc1. The molecule has 0 saturated carbocycles. The largest absolute Gasteiger partial charge is 0.393 e. The summed E-state index contributed by atoms with van der Waals surface area (Å²) in [6, 6.07) is 9.87. The average Bonchev–Trinajstić information content (AvgIpc) is 2.69. The molecule has 17 heavy (non-hydrogen) atoms. The smallest absolute Gasteiger partial charge is 0.242 e. The van der Waals surface area contributed by atoms with E-state index in [1.54, 1.807) is 11.9 Å². The number of benzene rings is 1. The molecular formula is C13H18N2O2. The minimum atomic E-state index is -0.374. The summed E-state index contributed by atoms with van der Waals surface area (Å²) < 4.78 is 0. The normalized spacial score (nSPS) is 17.6. The van der Waals surface area contributed by atoms with E-state index < -0.39 is 0 Å². The lowest BCUT2D eigenvalue weighted by Gasteiger charge is -2.30. The van der Waals surface area contributed by atoms with Crippen molar-refractivity contribution in [1.82, 2.24) is 5.01 Å². The number of carbonyl (C=O) groups excluding carboxylic acids is 1. The van der Waals surface area contributed by atoms with Crippen LogP contribution >= 0.6 is 0 Å². The van der Waals surface area contributed by atoms with Crippen LogP contribution in [0.5, 0.6) is 0 Å². The lowest BCUT2D eigenvalue weighted by molar-refractivity contribution is -0.128. The van der Waals surface area contributed by atoms with Crippen LogP contribution in [0.25, 0.3) is 0 Å². The van der Waals surface area contributed by atoms with Crippen LogP contribution in [0.1, 0.15) is 19.8 Å². The Morgan fingerprint density at radius 2 is 2.06 bits per heavy atom. The molecule has 1 fully saturated rings. The van der Waals surface area contributed by atoms with Crippen LogP contribution in [0.2, 0.25) is 0 Å². The zero-order valence-electron chi connectivity index (χ0n) is 10.0. The molecule has 1 atom stereocenters. The first-order valence-corrected chi connectivity index (χ1v) is 5.99. The molecule has 1 aliphatic heterocycles. The van der Waals surface area contributed by atoms with E-state index in [-0.39, 0.29) is 12.0 Å². The van der Waals surface area contributed by atoms with E-state index in [9.17, 15) is 9.90 Å². The van der Waals surface area contributed by atoms with Gasteiger partial charge >= 0.3 is 0 Å². The topological polar surface area (TPSA) is 43.8 Å². The summed E-state index contributed by atoms with van der Waals surface area (Å²) >= 11 is 0. The van der Waals surface area contributed by atoms with E-state index >= 15 is 0 Å². The molecule has 1 aromatic carbocycles. The summed E-state index contributed by atoms with van der Waals surface area (Å²) in [6.45, 7) is 3.04. The minimum Gasteiger partial charge on any atom is -0.393 e. The lowest BCUT2D eigenvalue weighted by atomic mass is 10.3. The Hall–Kier alpha value is -1.55. The van der Waals surface area contributed by atoms with Crippen molar-refractivity contribution in [2.45, 2.75) is 25.9 Å². The number of aliphatic hydroxyl groups excluding tert-OH is 1. The number of hydrazine groups is 1. The van der Waals surface area contributed by atoms with Gasteiger partial charge in [-0.05, 0) is 25.5 Å². The monoisotopic (exact) mass is 234 g/mol. The molecule has 1 N–H and O–H groups in total. The number of rotatable bonds is 4. The number of anilines is 1. The number of para-hydroxylation sites is 1. The zero-order chi connectivity index (χ0) is 12.3. The molecule has 0 bridgehead atoms. The van der Waals surface area contributed by atoms with Crippen LogP contribution in [-0.4, -0.2) is 35.2 Å². The van der Waals surface area contributed by atoms with Crippen molar-refractivity contribution < 1.29 is 9.90 Å². The highest BCUT2D eigenvalue weighted by Gasteiger charge is 2.28. The molecule has 1 unspecified atom stereocenters. The molecule has 4 heteroatoms. The summed E-state index contributed by atoms with van der Waals surface area (Å²) in [7, 11) is 0. The van der Waals surface area contributed by atoms with Gasteiger partial charge in [0, 0.05) is 19.5 Å². The minimum absolute atomic E-state index is 0.134. The van der Waals surface area contributed by atoms with Crippen molar-refractivity contribution >= 4 is 11.6 Å². The van der Waals surface area contributed by atoms with Gasteiger partial charge in [0.15, 0.2) is 0 Å². The van der Waals surface area contributed by atoms with Crippen molar-refractivity contribution in [1.29, 1.82) is 0 Å². The second-order valence-corrected chi connectivity index (χ2v) is 4.36. The summed E-state index contributed by atoms with van der Waals surface area (Å²) in [5, 5.41) is 13.0. The predicted octanol–water partition coefficient (Wildman–Crippen LogP) is 1.41. The molecule has 92 valence electrons. The Kier molecular flexibility index (Phi) is 3.64. The van der Waals surface area contributed by atoms with E-state index in [1.165, 1.54) is 0 Å². The molecule has 1 amide bonds. The highest BCUT2D eigenvalue weighted by molar-refractivity contribution is 5.81. The van der Waals surface area contributed by atoms with Gasteiger partial charge in [0.25, 0.3) is 0 Å². The number of carbonyl (C=O) groups is 1. The zero-order valence-corrected chi connectivity index (χ0v) is 10.0. The summed E-state index contributed by atoms with van der Waals surface area (Å²) in [5.41, 5.74) is 1.03. The number of hydrogen-bond donors (Lipinski definition) is 1. The number of hydrogen-bond acceptors (Lipinski definition) is 3. The molecule has 1 aromatic rings. The number of amides is 1. The molecule has 4 nitrogen and oxygen atoms in total. The molecule has 2 rings (SSSR count). The van der Waals surface area contributed by atoms with Gasteiger partial charge in [-0.25, -0.2) is 0 Å². The van der Waals surface area contributed by atoms with Gasteiger partial charge in [-0.3, -0.25) is 14.8 Å². The molecule has 0 aliphatic carbocycles. The van der Waals surface area contributed by atoms with Gasteiger partial charge in [-0.15, -0.1) is 0 Å². The Morgan fingerprint density at radius 1 is 1.35 bits per heavy atom. The van der Waals surface area contributed by atoms with Gasteiger partial charge in [-0.2, -0.15) is 0 Å². The van der Waals surface area contributed by atoms with Crippen molar-refractivity contribution in [3.63, 3.8) is 0 Å². The molecule has 0 aromatic heterocycles. The van der Waals surface area contributed by atoms with Crippen LogP contribution in [0.15, 0.2) is 30.3 Å². The van der Waals surface area contributed by atoms with E-state index in [2.05, 4.69) is 0 Å². The van der Waals surface area contributed by atoms with Crippen molar-refractivity contribution in [2.24, 2.45) is 0 Å². The molecule has 1 aliphatic rings. The van der Waals surface area contributed by atoms with E-state index in [0.717, 1.165) is 12.2 Å². The van der Waals surface area contributed by atoms with Crippen molar-refractivity contribution in [2.75, 3.05) is 18.1 Å². The fraction of sp³-hybridized carbons (Fsp3) is 0.462. The van der Waals surface area contributed by atoms with Crippen molar-refractivity contribution in [3.05, 3.63) is 30.3 Å².